The van der Waals surface area contributed by atoms with Gasteiger partial charge in [-0.3, -0.25) is 0 Å². The highest BCUT2D eigenvalue weighted by molar-refractivity contribution is 7.99. The predicted octanol–water partition coefficient (Wildman–Crippen LogP) is 8.65. The van der Waals surface area contributed by atoms with E-state index in [-0.39, 0.29) is 0 Å². The summed E-state index contributed by atoms with van der Waals surface area (Å²) in [5.74, 6) is 0. The van der Waals surface area contributed by atoms with E-state index in [1.54, 1.807) is 12.1 Å². The zero-order valence-electron chi connectivity index (χ0n) is 15.9. The highest BCUT2D eigenvalue weighted by Crippen LogP contribution is 2.52. The molecule has 0 N–H and O–H groups in total. The largest absolute Gasteiger partial charge is 0.416 e. The average molecular weight is 479 g/mol. The van der Waals surface area contributed by atoms with E-state index >= 15 is 0 Å². The number of halogens is 6. The molecule has 3 aromatic carbocycles. The van der Waals surface area contributed by atoms with Crippen LogP contribution in [-0.2, 0) is 12.4 Å². The number of fused-ring (bicyclic) bond motifs is 5. The molecule has 0 saturated carbocycles. The van der Waals surface area contributed by atoms with Crippen molar-refractivity contribution in [3.05, 3.63) is 77.9 Å². The van der Waals surface area contributed by atoms with Crippen LogP contribution in [0.2, 0.25) is 0 Å². The molecule has 162 valence electrons. The van der Waals surface area contributed by atoms with Gasteiger partial charge in [0.15, 0.2) is 0 Å². The van der Waals surface area contributed by atoms with Crippen molar-refractivity contribution in [3.63, 3.8) is 0 Å². The van der Waals surface area contributed by atoms with E-state index in [1.165, 1.54) is 35.2 Å². The van der Waals surface area contributed by atoms with Gasteiger partial charge in [-0.15, -0.1) is 11.3 Å². The Morgan fingerprint density at radius 3 is 2.12 bits per heavy atom. The molecular weight excluding hydrogens is 468 g/mol. The number of alkyl halides is 6. The molecular formula is C23H11F6NS2. The highest BCUT2D eigenvalue weighted by Gasteiger charge is 2.33. The number of nitrogens with zero attached hydrogens (tertiary/aromatic N) is 1. The van der Waals surface area contributed by atoms with Gasteiger partial charge in [0, 0.05) is 26.5 Å². The van der Waals surface area contributed by atoms with Crippen LogP contribution in [0.4, 0.5) is 26.3 Å². The summed E-state index contributed by atoms with van der Waals surface area (Å²) in [5, 5.41) is 0.369. The van der Waals surface area contributed by atoms with Crippen LogP contribution in [0, 0.1) is 0 Å². The first-order valence-corrected chi connectivity index (χ1v) is 10.9. The van der Waals surface area contributed by atoms with E-state index in [2.05, 4.69) is 4.98 Å². The summed E-state index contributed by atoms with van der Waals surface area (Å²) in [5.41, 5.74) is 0.515. The van der Waals surface area contributed by atoms with Crippen molar-refractivity contribution in [2.75, 3.05) is 0 Å². The Labute approximate surface area is 186 Å². The van der Waals surface area contributed by atoms with Gasteiger partial charge >= 0.3 is 12.4 Å². The summed E-state index contributed by atoms with van der Waals surface area (Å²) in [4.78, 5) is 6.45. The third-order valence-corrected chi connectivity index (χ3v) is 7.25. The molecule has 0 aliphatic carbocycles. The van der Waals surface area contributed by atoms with Crippen molar-refractivity contribution < 1.29 is 26.3 Å². The van der Waals surface area contributed by atoms with Gasteiger partial charge in [0.25, 0.3) is 0 Å². The van der Waals surface area contributed by atoms with Gasteiger partial charge in [-0.25, -0.2) is 4.98 Å². The van der Waals surface area contributed by atoms with E-state index in [0.29, 0.717) is 31.6 Å². The molecule has 0 saturated heterocycles. The lowest BCUT2D eigenvalue weighted by Gasteiger charge is -2.11. The summed E-state index contributed by atoms with van der Waals surface area (Å²) in [6, 6.07) is 15.6. The van der Waals surface area contributed by atoms with Crippen molar-refractivity contribution >= 4 is 23.1 Å². The SMILES string of the molecule is FC(F)(F)c1cccc(-c2nc3c(s2)-c2ccccc2Sc2cc(C(F)(F)F)ccc2-3)c1. The second-order valence-electron chi connectivity index (χ2n) is 7.08. The van der Waals surface area contributed by atoms with Crippen LogP contribution in [0.5, 0.6) is 0 Å². The molecule has 9 heteroatoms. The van der Waals surface area contributed by atoms with E-state index < -0.39 is 23.5 Å². The molecule has 0 radical (unpaired) electrons. The molecule has 1 aliphatic heterocycles. The average Bonchev–Trinajstić information content (AvgIpc) is 3.13. The predicted molar refractivity (Wildman–Crippen MR) is 113 cm³/mol. The number of rotatable bonds is 1. The monoisotopic (exact) mass is 479 g/mol. The minimum absolute atomic E-state index is 0.302. The van der Waals surface area contributed by atoms with Crippen molar-refractivity contribution in [3.8, 4) is 32.3 Å². The Bertz CT molecular complexity index is 1340. The number of benzene rings is 3. The molecule has 5 rings (SSSR count). The maximum absolute atomic E-state index is 13.3. The molecule has 4 aromatic rings. The fourth-order valence-electron chi connectivity index (χ4n) is 3.48. The Hall–Kier alpha value is -2.78. The second kappa shape index (κ2) is 7.38. The third-order valence-electron chi connectivity index (χ3n) is 4.98. The molecule has 0 unspecified atom stereocenters. The van der Waals surface area contributed by atoms with Gasteiger partial charge in [0.1, 0.15) is 5.01 Å². The smallest absolute Gasteiger partial charge is 0.235 e. The maximum Gasteiger partial charge on any atom is 0.416 e. The lowest BCUT2D eigenvalue weighted by Crippen LogP contribution is -2.05. The van der Waals surface area contributed by atoms with Gasteiger partial charge in [0.2, 0.25) is 0 Å². The second-order valence-corrected chi connectivity index (χ2v) is 9.17. The molecule has 32 heavy (non-hydrogen) atoms. The summed E-state index contributed by atoms with van der Waals surface area (Å²) >= 11 is 2.44. The zero-order chi connectivity index (χ0) is 22.7. The molecule has 1 nitrogen and oxygen atoms in total. The Balaban J connectivity index is 1.73. The molecule has 0 bridgehead atoms. The lowest BCUT2D eigenvalue weighted by atomic mass is 10.0. The third kappa shape index (κ3) is 3.69. The fraction of sp³-hybridized carbons (Fsp3) is 0.0870. The van der Waals surface area contributed by atoms with Gasteiger partial charge in [-0.2, -0.15) is 26.3 Å². The molecule has 0 spiro atoms. The highest BCUT2D eigenvalue weighted by atomic mass is 32.2. The number of hydrogen-bond donors (Lipinski definition) is 0. The molecule has 0 fully saturated rings. The van der Waals surface area contributed by atoms with Crippen LogP contribution in [0.15, 0.2) is 76.5 Å². The molecule has 0 amide bonds. The normalized spacial score (nSPS) is 13.2. The van der Waals surface area contributed by atoms with Crippen LogP contribution in [-0.4, -0.2) is 4.98 Å². The maximum atomic E-state index is 13.3. The first-order chi connectivity index (χ1) is 15.1. The Morgan fingerprint density at radius 1 is 0.656 bits per heavy atom. The number of hydrogen-bond acceptors (Lipinski definition) is 3. The van der Waals surface area contributed by atoms with Crippen LogP contribution in [0.3, 0.4) is 0 Å². The summed E-state index contributed by atoms with van der Waals surface area (Å²) in [7, 11) is 0. The van der Waals surface area contributed by atoms with Crippen molar-refractivity contribution in [2.45, 2.75) is 22.1 Å². The Morgan fingerprint density at radius 2 is 1.38 bits per heavy atom. The van der Waals surface area contributed by atoms with Crippen LogP contribution >= 0.6 is 23.1 Å². The molecule has 2 heterocycles. The van der Waals surface area contributed by atoms with Crippen LogP contribution in [0.25, 0.3) is 32.3 Å². The van der Waals surface area contributed by atoms with Crippen molar-refractivity contribution in [2.24, 2.45) is 0 Å². The topological polar surface area (TPSA) is 12.9 Å². The van der Waals surface area contributed by atoms with Gasteiger partial charge < -0.3 is 0 Å². The summed E-state index contributed by atoms with van der Waals surface area (Å²) < 4.78 is 79.4. The summed E-state index contributed by atoms with van der Waals surface area (Å²) in [6.45, 7) is 0. The minimum atomic E-state index is -4.49. The lowest BCUT2D eigenvalue weighted by molar-refractivity contribution is -0.138. The molecule has 1 aromatic heterocycles. The molecule has 1 aliphatic rings. The van der Waals surface area contributed by atoms with Gasteiger partial charge in [-0.05, 0) is 30.3 Å². The minimum Gasteiger partial charge on any atom is -0.235 e. The van der Waals surface area contributed by atoms with Crippen molar-refractivity contribution in [1.29, 1.82) is 0 Å². The van der Waals surface area contributed by atoms with E-state index in [4.69, 9.17) is 0 Å². The van der Waals surface area contributed by atoms with Crippen LogP contribution < -0.4 is 0 Å². The zero-order valence-corrected chi connectivity index (χ0v) is 17.5. The number of aromatic nitrogens is 1. The first kappa shape index (κ1) is 21.1. The Kier molecular flexibility index (Phi) is 4.86. The fourth-order valence-corrected chi connectivity index (χ4v) is 5.78. The number of thiazole rings is 1. The van der Waals surface area contributed by atoms with E-state index in [0.717, 1.165) is 34.7 Å². The molecule has 0 atom stereocenters. The van der Waals surface area contributed by atoms with E-state index in [9.17, 15) is 26.3 Å². The standard InChI is InChI=1S/C23H11F6NS2/c24-22(25,26)13-5-3-4-12(10-13)21-30-19-15-9-8-14(23(27,28)29)11-18(15)31-17-7-2-1-6-16(17)20(19)32-21/h1-11H. The van der Waals surface area contributed by atoms with Crippen molar-refractivity contribution in [1.82, 2.24) is 4.98 Å². The van der Waals surface area contributed by atoms with E-state index in [1.807, 2.05) is 18.2 Å². The first-order valence-electron chi connectivity index (χ1n) is 9.28. The quantitative estimate of drug-likeness (QED) is 0.223. The van der Waals surface area contributed by atoms with Crippen LogP contribution in [0.1, 0.15) is 11.1 Å². The van der Waals surface area contributed by atoms with Gasteiger partial charge in [-0.1, -0.05) is 48.2 Å². The van der Waals surface area contributed by atoms with Gasteiger partial charge in [0.05, 0.1) is 21.7 Å². The summed E-state index contributed by atoms with van der Waals surface area (Å²) in [6.07, 6.45) is -8.98.